The highest BCUT2D eigenvalue weighted by Gasteiger charge is 2.25. The molecule has 3 amide bonds. The van der Waals surface area contributed by atoms with Crippen LogP contribution in [-0.2, 0) is 11.2 Å². The van der Waals surface area contributed by atoms with Gasteiger partial charge in [0.1, 0.15) is 5.75 Å². The maximum absolute atomic E-state index is 12.4. The topological polar surface area (TPSA) is 70.7 Å². The van der Waals surface area contributed by atoms with Gasteiger partial charge in [-0.25, -0.2) is 4.79 Å². The van der Waals surface area contributed by atoms with Crippen LogP contribution in [0, 0.1) is 0 Å². The van der Waals surface area contributed by atoms with E-state index in [1.807, 2.05) is 18.2 Å². The summed E-state index contributed by atoms with van der Waals surface area (Å²) < 4.78 is 5.44. The van der Waals surface area contributed by atoms with Crippen molar-refractivity contribution in [3.8, 4) is 5.75 Å². The maximum Gasteiger partial charge on any atom is 0.319 e. The number of fused-ring (bicyclic) bond motifs is 1. The molecule has 0 unspecified atom stereocenters. The summed E-state index contributed by atoms with van der Waals surface area (Å²) in [5, 5.41) is 5.91. The first kappa shape index (κ1) is 17.4. The monoisotopic (exact) mass is 365 g/mol. The van der Waals surface area contributed by atoms with Crippen LogP contribution in [0.5, 0.6) is 5.75 Å². The first-order chi connectivity index (χ1) is 13.2. The zero-order chi connectivity index (χ0) is 18.8. The molecule has 27 heavy (non-hydrogen) atoms. The van der Waals surface area contributed by atoms with Crippen molar-refractivity contribution in [2.45, 2.75) is 31.7 Å². The lowest BCUT2D eigenvalue weighted by atomic mass is 10.1. The van der Waals surface area contributed by atoms with Crippen molar-refractivity contribution in [2.75, 3.05) is 23.9 Å². The Balaban J connectivity index is 1.45. The molecule has 1 fully saturated rings. The van der Waals surface area contributed by atoms with E-state index in [0.29, 0.717) is 24.4 Å². The smallest absolute Gasteiger partial charge is 0.319 e. The summed E-state index contributed by atoms with van der Waals surface area (Å²) in [6.07, 6.45) is 3.31. The molecule has 6 heteroatoms. The highest BCUT2D eigenvalue weighted by Crippen LogP contribution is 2.34. The summed E-state index contributed by atoms with van der Waals surface area (Å²) in [6, 6.07) is 13.4. The number of ether oxygens (including phenoxy) is 1. The van der Waals surface area contributed by atoms with Crippen molar-refractivity contribution < 1.29 is 14.3 Å². The number of hydrogen-bond donors (Lipinski definition) is 2. The van der Waals surface area contributed by atoms with E-state index in [4.69, 9.17) is 4.74 Å². The number of aryl methyl sites for hydroxylation is 1. The number of hydrogen-bond acceptors (Lipinski definition) is 3. The zero-order valence-electron chi connectivity index (χ0n) is 15.3. The second-order valence-corrected chi connectivity index (χ2v) is 6.92. The van der Waals surface area contributed by atoms with Gasteiger partial charge in [-0.1, -0.05) is 24.3 Å². The number of carbonyl (C=O) groups is 2. The Labute approximate surface area is 158 Å². The number of benzene rings is 2. The van der Waals surface area contributed by atoms with Gasteiger partial charge in [-0.15, -0.1) is 0 Å². The molecule has 0 radical (unpaired) electrons. The van der Waals surface area contributed by atoms with E-state index < -0.39 is 0 Å². The van der Waals surface area contributed by atoms with Crippen LogP contribution in [0.2, 0.25) is 0 Å². The van der Waals surface area contributed by atoms with Crippen LogP contribution in [0.15, 0.2) is 42.5 Å². The number of nitrogens with zero attached hydrogens (tertiary/aromatic N) is 1. The highest BCUT2D eigenvalue weighted by atomic mass is 16.5. The summed E-state index contributed by atoms with van der Waals surface area (Å²) in [5.74, 6) is 0.681. The van der Waals surface area contributed by atoms with Gasteiger partial charge in [-0.05, 0) is 42.5 Å². The normalized spacial score (nSPS) is 18.3. The number of anilines is 2. The van der Waals surface area contributed by atoms with Crippen LogP contribution in [0.4, 0.5) is 16.2 Å². The van der Waals surface area contributed by atoms with Gasteiger partial charge in [-0.3, -0.25) is 4.79 Å². The second kappa shape index (κ2) is 7.31. The molecule has 2 aromatic rings. The van der Waals surface area contributed by atoms with Crippen LogP contribution in [-0.4, -0.2) is 25.6 Å². The third kappa shape index (κ3) is 3.47. The average Bonchev–Trinajstić information content (AvgIpc) is 3.28. The van der Waals surface area contributed by atoms with Crippen molar-refractivity contribution >= 4 is 23.3 Å². The molecular weight excluding hydrogens is 342 g/mol. The number of carbonyl (C=O) groups excluding carboxylic acids is 2. The van der Waals surface area contributed by atoms with Gasteiger partial charge >= 0.3 is 6.03 Å². The Bertz CT molecular complexity index is 881. The second-order valence-electron chi connectivity index (χ2n) is 6.92. The maximum atomic E-state index is 12.4. The van der Waals surface area contributed by atoms with Crippen LogP contribution >= 0.6 is 0 Å². The Kier molecular flexibility index (Phi) is 4.71. The number of urea groups is 1. The minimum Gasteiger partial charge on any atom is -0.494 e. The van der Waals surface area contributed by atoms with Crippen molar-refractivity contribution in [1.82, 2.24) is 5.32 Å². The number of rotatable bonds is 4. The summed E-state index contributed by atoms with van der Waals surface area (Å²) in [5.41, 5.74) is 3.86. The Morgan fingerprint density at radius 2 is 2.04 bits per heavy atom. The van der Waals surface area contributed by atoms with E-state index in [1.54, 1.807) is 24.1 Å². The first-order valence-electron chi connectivity index (χ1n) is 9.29. The van der Waals surface area contributed by atoms with Crippen molar-refractivity contribution in [1.29, 1.82) is 0 Å². The molecule has 0 spiro atoms. The minimum absolute atomic E-state index is 0.0320. The van der Waals surface area contributed by atoms with E-state index >= 15 is 0 Å². The lowest BCUT2D eigenvalue weighted by Gasteiger charge is -2.20. The quantitative estimate of drug-likeness (QED) is 0.869. The largest absolute Gasteiger partial charge is 0.494 e. The fraction of sp³-hybridized carbons (Fsp3) is 0.333. The van der Waals surface area contributed by atoms with Gasteiger partial charge in [0.15, 0.2) is 0 Å². The predicted molar refractivity (Wildman–Crippen MR) is 104 cm³/mol. The summed E-state index contributed by atoms with van der Waals surface area (Å²) in [7, 11) is 1.57. The van der Waals surface area contributed by atoms with Crippen molar-refractivity contribution in [3.63, 3.8) is 0 Å². The molecule has 2 aliphatic rings. The van der Waals surface area contributed by atoms with Crippen LogP contribution in [0.1, 0.15) is 36.4 Å². The SMILES string of the molecule is COc1cc(NC(=O)N[C@@H]2CCc3ccccc32)ccc1N1CCCC1=O. The third-order valence-electron chi connectivity index (χ3n) is 5.24. The molecule has 0 saturated carbocycles. The number of nitrogens with one attached hydrogen (secondary N) is 2. The summed E-state index contributed by atoms with van der Waals surface area (Å²) in [6.45, 7) is 0.698. The van der Waals surface area contributed by atoms with E-state index in [-0.39, 0.29) is 18.0 Å². The molecule has 2 aromatic carbocycles. The van der Waals surface area contributed by atoms with Crippen LogP contribution in [0.3, 0.4) is 0 Å². The van der Waals surface area contributed by atoms with E-state index in [2.05, 4.69) is 22.8 Å². The summed E-state index contributed by atoms with van der Waals surface area (Å²) >= 11 is 0. The summed E-state index contributed by atoms with van der Waals surface area (Å²) in [4.78, 5) is 26.2. The van der Waals surface area contributed by atoms with Crippen LogP contribution < -0.4 is 20.3 Å². The molecule has 4 rings (SSSR count). The van der Waals surface area contributed by atoms with Crippen molar-refractivity contribution in [3.05, 3.63) is 53.6 Å². The Morgan fingerprint density at radius 1 is 1.19 bits per heavy atom. The lowest BCUT2D eigenvalue weighted by molar-refractivity contribution is -0.117. The number of methoxy groups -OCH3 is 1. The van der Waals surface area contributed by atoms with Gasteiger partial charge in [0.05, 0.1) is 18.8 Å². The van der Waals surface area contributed by atoms with Gasteiger partial charge in [0.2, 0.25) is 5.91 Å². The standard InChI is InChI=1S/C21H23N3O3/c1-27-19-13-15(9-11-18(19)24-12-4-7-20(24)25)22-21(26)23-17-10-8-14-5-2-3-6-16(14)17/h2-3,5-6,9,11,13,17H,4,7-8,10,12H2,1H3,(H2,22,23,26)/t17-/m1/s1. The van der Waals surface area contributed by atoms with E-state index in [9.17, 15) is 9.59 Å². The highest BCUT2D eigenvalue weighted by molar-refractivity contribution is 5.97. The van der Waals surface area contributed by atoms with E-state index in [0.717, 1.165) is 24.9 Å². The molecule has 1 heterocycles. The molecule has 2 N–H and O–H groups in total. The van der Waals surface area contributed by atoms with Crippen LogP contribution in [0.25, 0.3) is 0 Å². The van der Waals surface area contributed by atoms with Crippen molar-refractivity contribution in [2.24, 2.45) is 0 Å². The van der Waals surface area contributed by atoms with Gasteiger partial charge in [0.25, 0.3) is 0 Å². The molecule has 1 atom stereocenters. The number of amides is 3. The molecule has 1 aliphatic carbocycles. The Morgan fingerprint density at radius 3 is 2.81 bits per heavy atom. The lowest BCUT2D eigenvalue weighted by Crippen LogP contribution is -2.31. The molecule has 0 bridgehead atoms. The zero-order valence-corrected chi connectivity index (χ0v) is 15.3. The molecule has 0 aromatic heterocycles. The van der Waals surface area contributed by atoms with Gasteiger partial charge in [-0.2, -0.15) is 0 Å². The molecule has 1 saturated heterocycles. The van der Waals surface area contributed by atoms with Gasteiger partial charge < -0.3 is 20.3 Å². The molecule has 140 valence electrons. The molecular formula is C21H23N3O3. The molecule has 1 aliphatic heterocycles. The molecule has 6 nitrogen and oxygen atoms in total. The fourth-order valence-corrected chi connectivity index (χ4v) is 3.91. The third-order valence-corrected chi connectivity index (χ3v) is 5.24. The first-order valence-corrected chi connectivity index (χ1v) is 9.29. The Hall–Kier alpha value is -3.02. The minimum atomic E-state index is -0.247. The van der Waals surface area contributed by atoms with E-state index in [1.165, 1.54) is 11.1 Å². The fourth-order valence-electron chi connectivity index (χ4n) is 3.91. The van der Waals surface area contributed by atoms with Gasteiger partial charge in [0, 0.05) is 24.7 Å². The predicted octanol–water partition coefficient (Wildman–Crippen LogP) is 3.63. The average molecular weight is 365 g/mol.